The molecular formula is C16H21N3O2. The van der Waals surface area contributed by atoms with Gasteiger partial charge in [0.1, 0.15) is 0 Å². The zero-order valence-corrected chi connectivity index (χ0v) is 12.3. The Hall–Kier alpha value is -2.14. The molecule has 0 radical (unpaired) electrons. The van der Waals surface area contributed by atoms with Crippen molar-refractivity contribution in [3.63, 3.8) is 0 Å². The zero-order chi connectivity index (χ0) is 15.2. The van der Waals surface area contributed by atoms with E-state index >= 15 is 0 Å². The largest absolute Gasteiger partial charge is 0.388 e. The average Bonchev–Trinajstić information content (AvgIpc) is 2.84. The van der Waals surface area contributed by atoms with Gasteiger partial charge in [0.15, 0.2) is 0 Å². The Kier molecular flexibility index (Phi) is 5.11. The van der Waals surface area contributed by atoms with Gasteiger partial charge in [-0.3, -0.25) is 9.89 Å². The number of aromatic amines is 1. The molecule has 0 saturated heterocycles. The summed E-state index contributed by atoms with van der Waals surface area (Å²) in [5.41, 5.74) is 2.52. The number of hydrogen-bond donors (Lipinski definition) is 3. The molecule has 1 amide bonds. The first kappa shape index (κ1) is 15.3. The molecule has 2 rings (SSSR count). The molecule has 5 heteroatoms. The summed E-state index contributed by atoms with van der Waals surface area (Å²) in [6, 6.07) is 11.2. The fourth-order valence-electron chi connectivity index (χ4n) is 2.26. The quantitative estimate of drug-likeness (QED) is 0.759. The highest BCUT2D eigenvalue weighted by Crippen LogP contribution is 2.17. The summed E-state index contributed by atoms with van der Waals surface area (Å²) in [6.07, 6.45) is 0.153. The van der Waals surface area contributed by atoms with Crippen molar-refractivity contribution in [1.82, 2.24) is 15.5 Å². The SMILES string of the molecule is Cc1cc(CC(=O)N[C@H](C)C[C@@H](O)c2ccccc2)n[nH]1. The number of benzene rings is 1. The van der Waals surface area contributed by atoms with Gasteiger partial charge in [-0.2, -0.15) is 5.10 Å². The molecule has 0 aliphatic carbocycles. The lowest BCUT2D eigenvalue weighted by Crippen LogP contribution is -2.34. The van der Waals surface area contributed by atoms with Crippen molar-refractivity contribution in [2.24, 2.45) is 0 Å². The van der Waals surface area contributed by atoms with Gasteiger partial charge in [-0.15, -0.1) is 0 Å². The maximum absolute atomic E-state index is 11.9. The Bertz CT molecular complexity index is 580. The highest BCUT2D eigenvalue weighted by atomic mass is 16.3. The number of nitrogens with zero attached hydrogens (tertiary/aromatic N) is 1. The lowest BCUT2D eigenvalue weighted by atomic mass is 10.0. The van der Waals surface area contributed by atoms with Gasteiger partial charge in [0.05, 0.1) is 18.2 Å². The van der Waals surface area contributed by atoms with Crippen LogP contribution in [0, 0.1) is 6.92 Å². The van der Waals surface area contributed by atoms with Crippen LogP contribution in [0.15, 0.2) is 36.4 Å². The maximum atomic E-state index is 11.9. The minimum absolute atomic E-state index is 0.0886. The van der Waals surface area contributed by atoms with E-state index in [1.165, 1.54) is 0 Å². The molecule has 21 heavy (non-hydrogen) atoms. The number of amides is 1. The highest BCUT2D eigenvalue weighted by Gasteiger charge is 2.15. The fraction of sp³-hybridized carbons (Fsp3) is 0.375. The molecule has 0 aliphatic heterocycles. The maximum Gasteiger partial charge on any atom is 0.226 e. The van der Waals surface area contributed by atoms with Crippen LogP contribution in [0.4, 0.5) is 0 Å². The number of rotatable bonds is 6. The van der Waals surface area contributed by atoms with Gasteiger partial charge in [-0.05, 0) is 31.9 Å². The van der Waals surface area contributed by atoms with Crippen LogP contribution in [0.25, 0.3) is 0 Å². The molecule has 2 aromatic rings. The topological polar surface area (TPSA) is 78.0 Å². The van der Waals surface area contributed by atoms with E-state index in [0.717, 1.165) is 17.0 Å². The van der Waals surface area contributed by atoms with Gasteiger partial charge in [0.25, 0.3) is 0 Å². The predicted octanol–water partition coefficient (Wildman–Crippen LogP) is 1.89. The van der Waals surface area contributed by atoms with Crippen molar-refractivity contribution < 1.29 is 9.90 Å². The molecule has 0 bridgehead atoms. The number of aliphatic hydroxyl groups excluding tert-OH is 1. The molecule has 5 nitrogen and oxygen atoms in total. The van der Waals surface area contributed by atoms with E-state index in [1.54, 1.807) is 0 Å². The van der Waals surface area contributed by atoms with Crippen molar-refractivity contribution in [1.29, 1.82) is 0 Å². The summed E-state index contributed by atoms with van der Waals surface area (Å²) < 4.78 is 0. The molecule has 0 unspecified atom stereocenters. The second-order valence-electron chi connectivity index (χ2n) is 5.35. The molecule has 2 atom stereocenters. The van der Waals surface area contributed by atoms with Crippen LogP contribution in [0.3, 0.4) is 0 Å². The van der Waals surface area contributed by atoms with Crippen LogP contribution in [-0.2, 0) is 11.2 Å². The van der Waals surface area contributed by atoms with Crippen molar-refractivity contribution in [3.8, 4) is 0 Å². The molecule has 0 spiro atoms. The number of H-pyrrole nitrogens is 1. The van der Waals surface area contributed by atoms with E-state index in [0.29, 0.717) is 6.42 Å². The van der Waals surface area contributed by atoms with E-state index < -0.39 is 6.10 Å². The fourth-order valence-corrected chi connectivity index (χ4v) is 2.26. The van der Waals surface area contributed by atoms with Gasteiger partial charge in [-0.25, -0.2) is 0 Å². The van der Waals surface area contributed by atoms with E-state index in [-0.39, 0.29) is 18.4 Å². The van der Waals surface area contributed by atoms with Crippen LogP contribution in [-0.4, -0.2) is 27.3 Å². The van der Waals surface area contributed by atoms with Gasteiger partial charge in [0, 0.05) is 11.7 Å². The van der Waals surface area contributed by atoms with Crippen molar-refractivity contribution in [2.45, 2.75) is 38.8 Å². The monoisotopic (exact) mass is 287 g/mol. The Morgan fingerprint density at radius 2 is 2.10 bits per heavy atom. The van der Waals surface area contributed by atoms with Crippen LogP contribution >= 0.6 is 0 Å². The molecule has 0 saturated carbocycles. The number of nitrogens with one attached hydrogen (secondary N) is 2. The van der Waals surface area contributed by atoms with Crippen molar-refractivity contribution >= 4 is 5.91 Å². The number of aryl methyl sites for hydroxylation is 1. The number of carbonyl (C=O) groups excluding carboxylic acids is 1. The summed E-state index contributed by atoms with van der Waals surface area (Å²) >= 11 is 0. The number of carbonyl (C=O) groups is 1. The second-order valence-corrected chi connectivity index (χ2v) is 5.35. The molecule has 0 aliphatic rings. The average molecular weight is 287 g/mol. The van der Waals surface area contributed by atoms with Gasteiger partial charge >= 0.3 is 0 Å². The predicted molar refractivity (Wildman–Crippen MR) is 80.7 cm³/mol. The normalized spacial score (nSPS) is 13.7. The van der Waals surface area contributed by atoms with Gasteiger partial charge in [0.2, 0.25) is 5.91 Å². The summed E-state index contributed by atoms with van der Waals surface area (Å²) in [5.74, 6) is -0.0886. The Balaban J connectivity index is 1.81. The van der Waals surface area contributed by atoms with E-state index in [9.17, 15) is 9.90 Å². The van der Waals surface area contributed by atoms with Crippen LogP contribution in [0.1, 0.15) is 36.4 Å². The lowest BCUT2D eigenvalue weighted by molar-refractivity contribution is -0.121. The highest BCUT2D eigenvalue weighted by molar-refractivity contribution is 5.78. The minimum atomic E-state index is -0.575. The van der Waals surface area contributed by atoms with Crippen LogP contribution in [0.5, 0.6) is 0 Å². The summed E-state index contributed by atoms with van der Waals surface area (Å²) in [4.78, 5) is 11.9. The first-order chi connectivity index (χ1) is 10.0. The third-order valence-corrected chi connectivity index (χ3v) is 3.27. The van der Waals surface area contributed by atoms with E-state index in [1.807, 2.05) is 50.2 Å². The molecule has 1 heterocycles. The standard InChI is InChI=1S/C16H21N3O2/c1-11(9-15(20)13-6-4-3-5-7-13)17-16(21)10-14-8-12(2)18-19-14/h3-8,11,15,20H,9-10H2,1-2H3,(H,17,21)(H,18,19)/t11-,15-/m1/s1. The van der Waals surface area contributed by atoms with E-state index in [2.05, 4.69) is 15.5 Å². The van der Waals surface area contributed by atoms with Gasteiger partial charge < -0.3 is 10.4 Å². The van der Waals surface area contributed by atoms with Crippen molar-refractivity contribution in [3.05, 3.63) is 53.3 Å². The van der Waals surface area contributed by atoms with Crippen LogP contribution in [0.2, 0.25) is 0 Å². The first-order valence-corrected chi connectivity index (χ1v) is 7.08. The third-order valence-electron chi connectivity index (χ3n) is 3.27. The summed E-state index contributed by atoms with van der Waals surface area (Å²) in [5, 5.41) is 19.9. The molecule has 1 aromatic carbocycles. The van der Waals surface area contributed by atoms with Crippen LogP contribution < -0.4 is 5.32 Å². The van der Waals surface area contributed by atoms with E-state index in [4.69, 9.17) is 0 Å². The molecular weight excluding hydrogens is 266 g/mol. The molecule has 3 N–H and O–H groups in total. The van der Waals surface area contributed by atoms with Crippen molar-refractivity contribution in [2.75, 3.05) is 0 Å². The minimum Gasteiger partial charge on any atom is -0.388 e. The Morgan fingerprint density at radius 3 is 2.71 bits per heavy atom. The lowest BCUT2D eigenvalue weighted by Gasteiger charge is -2.18. The molecule has 1 aromatic heterocycles. The zero-order valence-electron chi connectivity index (χ0n) is 12.3. The number of aliphatic hydroxyl groups is 1. The third kappa shape index (κ3) is 4.72. The van der Waals surface area contributed by atoms with Gasteiger partial charge in [-0.1, -0.05) is 30.3 Å². The summed E-state index contributed by atoms with van der Waals surface area (Å²) in [6.45, 7) is 3.78. The second kappa shape index (κ2) is 7.04. The Labute approximate surface area is 124 Å². The Morgan fingerprint density at radius 1 is 1.38 bits per heavy atom. The first-order valence-electron chi connectivity index (χ1n) is 7.08. The summed E-state index contributed by atoms with van der Waals surface area (Å²) in [7, 11) is 0. The number of hydrogen-bond acceptors (Lipinski definition) is 3. The molecule has 0 fully saturated rings. The smallest absolute Gasteiger partial charge is 0.226 e. The number of aromatic nitrogens is 2. The molecule has 112 valence electrons.